The molecule has 2 rings (SSSR count). The normalized spacial score (nSPS) is 25.5. The highest BCUT2D eigenvalue weighted by Gasteiger charge is 2.33. The Morgan fingerprint density at radius 1 is 1.29 bits per heavy atom. The number of fused-ring (bicyclic) bond motifs is 1. The van der Waals surface area contributed by atoms with Gasteiger partial charge in [0.2, 0.25) is 6.04 Å². The molecule has 4 nitrogen and oxygen atoms in total. The summed E-state index contributed by atoms with van der Waals surface area (Å²) in [6.07, 6.45) is 1.08. The average Bonchev–Trinajstić information content (AvgIpc) is 2.16. The van der Waals surface area contributed by atoms with Crippen LogP contribution in [-0.4, -0.2) is 17.0 Å². The van der Waals surface area contributed by atoms with Crippen molar-refractivity contribution in [3.8, 4) is 0 Å². The minimum atomic E-state index is -0.620. The Bertz CT molecular complexity index is 365. The van der Waals surface area contributed by atoms with Crippen LogP contribution < -0.4 is 5.73 Å². The Morgan fingerprint density at radius 3 is 2.43 bits per heavy atom. The van der Waals surface area contributed by atoms with Crippen LogP contribution >= 0.6 is 0 Å². The summed E-state index contributed by atoms with van der Waals surface area (Å²) in [6, 6.07) is 6.82. The summed E-state index contributed by atoms with van der Waals surface area (Å²) in [5, 5.41) is 10.7. The first-order valence-corrected chi connectivity index (χ1v) is 4.64. The van der Waals surface area contributed by atoms with Crippen LogP contribution in [0.1, 0.15) is 11.1 Å². The molecule has 0 saturated carbocycles. The Hall–Kier alpha value is -1.42. The van der Waals surface area contributed by atoms with Gasteiger partial charge >= 0.3 is 0 Å². The number of hydrogen-bond acceptors (Lipinski definition) is 3. The highest BCUT2D eigenvalue weighted by Crippen LogP contribution is 2.21. The second-order valence-corrected chi connectivity index (χ2v) is 3.69. The van der Waals surface area contributed by atoms with Crippen molar-refractivity contribution in [2.75, 3.05) is 0 Å². The molecule has 2 atom stereocenters. The van der Waals surface area contributed by atoms with Crippen LogP contribution in [-0.2, 0) is 12.8 Å². The minimum Gasteiger partial charge on any atom is -0.322 e. The van der Waals surface area contributed by atoms with E-state index in [0.717, 1.165) is 11.1 Å². The number of nitrogens with zero attached hydrogens (tertiary/aromatic N) is 1. The van der Waals surface area contributed by atoms with Crippen molar-refractivity contribution in [2.24, 2.45) is 5.73 Å². The molecule has 1 aromatic carbocycles. The first-order valence-electron chi connectivity index (χ1n) is 4.64. The number of nitrogens with two attached hydrogens (primary N) is 1. The summed E-state index contributed by atoms with van der Waals surface area (Å²) < 4.78 is 0. The van der Waals surface area contributed by atoms with Gasteiger partial charge in [-0.25, -0.2) is 0 Å². The molecule has 2 N–H and O–H groups in total. The van der Waals surface area contributed by atoms with E-state index in [2.05, 4.69) is 0 Å². The van der Waals surface area contributed by atoms with Crippen LogP contribution in [0.25, 0.3) is 0 Å². The Morgan fingerprint density at radius 2 is 1.86 bits per heavy atom. The lowest BCUT2D eigenvalue weighted by Gasteiger charge is -2.24. The summed E-state index contributed by atoms with van der Waals surface area (Å²) in [4.78, 5) is 10.4. The van der Waals surface area contributed by atoms with E-state index in [4.69, 9.17) is 5.73 Å². The SMILES string of the molecule is NC1Cc2ccccc2CC1[N+](=O)[O-]. The number of benzene rings is 1. The summed E-state index contributed by atoms with van der Waals surface area (Å²) in [5.74, 6) is 0. The van der Waals surface area contributed by atoms with Crippen molar-refractivity contribution in [1.82, 2.24) is 0 Å². The Balaban J connectivity index is 2.31. The van der Waals surface area contributed by atoms with Crippen LogP contribution in [0.3, 0.4) is 0 Å². The molecule has 0 radical (unpaired) electrons. The summed E-state index contributed by atoms with van der Waals surface area (Å²) in [6.45, 7) is 0. The average molecular weight is 192 g/mol. The van der Waals surface area contributed by atoms with Crippen LogP contribution in [0, 0.1) is 10.1 Å². The van der Waals surface area contributed by atoms with Crippen LogP contribution in [0.2, 0.25) is 0 Å². The molecule has 0 heterocycles. The molecule has 1 aliphatic carbocycles. The predicted molar refractivity (Wildman–Crippen MR) is 52.6 cm³/mol. The molecule has 1 aliphatic rings. The molecular formula is C10H12N2O2. The van der Waals surface area contributed by atoms with Gasteiger partial charge in [0, 0.05) is 11.3 Å². The highest BCUT2D eigenvalue weighted by atomic mass is 16.6. The fraction of sp³-hybridized carbons (Fsp3) is 0.400. The molecule has 0 amide bonds. The van der Waals surface area contributed by atoms with Crippen molar-refractivity contribution >= 4 is 0 Å². The van der Waals surface area contributed by atoms with Gasteiger partial charge in [-0.15, -0.1) is 0 Å². The molecule has 4 heteroatoms. The lowest BCUT2D eigenvalue weighted by Crippen LogP contribution is -2.46. The fourth-order valence-corrected chi connectivity index (χ4v) is 1.95. The van der Waals surface area contributed by atoms with E-state index in [1.165, 1.54) is 0 Å². The van der Waals surface area contributed by atoms with Crippen molar-refractivity contribution < 1.29 is 4.92 Å². The van der Waals surface area contributed by atoms with Crippen molar-refractivity contribution in [3.05, 3.63) is 45.5 Å². The first-order chi connectivity index (χ1) is 6.68. The fourth-order valence-electron chi connectivity index (χ4n) is 1.95. The summed E-state index contributed by atoms with van der Waals surface area (Å²) in [7, 11) is 0. The maximum atomic E-state index is 10.7. The van der Waals surface area contributed by atoms with E-state index in [1.54, 1.807) is 0 Å². The van der Waals surface area contributed by atoms with E-state index in [-0.39, 0.29) is 11.0 Å². The number of rotatable bonds is 1. The van der Waals surface area contributed by atoms with Crippen molar-refractivity contribution in [2.45, 2.75) is 24.9 Å². The second-order valence-electron chi connectivity index (χ2n) is 3.69. The Labute approximate surface area is 81.9 Å². The minimum absolute atomic E-state index is 0.263. The predicted octanol–water partition coefficient (Wildman–Crippen LogP) is 0.758. The zero-order chi connectivity index (χ0) is 10.1. The Kier molecular flexibility index (Phi) is 2.21. The number of nitro groups is 1. The van der Waals surface area contributed by atoms with Gasteiger partial charge in [0.05, 0.1) is 6.04 Å². The lowest BCUT2D eigenvalue weighted by molar-refractivity contribution is -0.526. The van der Waals surface area contributed by atoms with Crippen LogP contribution in [0.15, 0.2) is 24.3 Å². The van der Waals surface area contributed by atoms with Gasteiger partial charge in [-0.1, -0.05) is 24.3 Å². The first kappa shape index (κ1) is 9.15. The summed E-state index contributed by atoms with van der Waals surface area (Å²) >= 11 is 0. The zero-order valence-electron chi connectivity index (χ0n) is 7.72. The molecule has 0 fully saturated rings. The topological polar surface area (TPSA) is 69.2 Å². The lowest BCUT2D eigenvalue weighted by atomic mass is 9.85. The van der Waals surface area contributed by atoms with Crippen molar-refractivity contribution in [3.63, 3.8) is 0 Å². The third kappa shape index (κ3) is 1.48. The zero-order valence-corrected chi connectivity index (χ0v) is 7.72. The maximum Gasteiger partial charge on any atom is 0.232 e. The molecular weight excluding hydrogens is 180 g/mol. The van der Waals surface area contributed by atoms with Gasteiger partial charge in [-0.3, -0.25) is 10.1 Å². The van der Waals surface area contributed by atoms with Crippen LogP contribution in [0.5, 0.6) is 0 Å². The molecule has 0 bridgehead atoms. The molecule has 0 aromatic heterocycles. The van der Waals surface area contributed by atoms with E-state index < -0.39 is 6.04 Å². The highest BCUT2D eigenvalue weighted by molar-refractivity contribution is 5.31. The largest absolute Gasteiger partial charge is 0.322 e. The molecule has 14 heavy (non-hydrogen) atoms. The smallest absolute Gasteiger partial charge is 0.232 e. The van der Waals surface area contributed by atoms with E-state index >= 15 is 0 Å². The van der Waals surface area contributed by atoms with Gasteiger partial charge in [-0.2, -0.15) is 0 Å². The monoisotopic (exact) mass is 192 g/mol. The standard InChI is InChI=1S/C10H12N2O2/c11-9-5-7-3-1-2-4-8(7)6-10(9)12(13)14/h1-4,9-10H,5-6,11H2. The number of hydrogen-bond donors (Lipinski definition) is 1. The molecule has 0 spiro atoms. The van der Waals surface area contributed by atoms with Crippen LogP contribution in [0.4, 0.5) is 0 Å². The summed E-state index contributed by atoms with van der Waals surface area (Å²) in [5.41, 5.74) is 7.97. The third-order valence-corrected chi connectivity index (χ3v) is 2.77. The molecule has 74 valence electrons. The maximum absolute atomic E-state index is 10.7. The van der Waals surface area contributed by atoms with Gasteiger partial charge in [-0.05, 0) is 17.5 Å². The van der Waals surface area contributed by atoms with Gasteiger partial charge in [0.25, 0.3) is 0 Å². The second kappa shape index (κ2) is 3.38. The van der Waals surface area contributed by atoms with Gasteiger partial charge in [0.15, 0.2) is 0 Å². The van der Waals surface area contributed by atoms with Gasteiger partial charge in [0.1, 0.15) is 0 Å². The van der Waals surface area contributed by atoms with Gasteiger partial charge < -0.3 is 5.73 Å². The molecule has 2 unspecified atom stereocenters. The molecule has 0 saturated heterocycles. The molecule has 1 aromatic rings. The third-order valence-electron chi connectivity index (χ3n) is 2.77. The van der Waals surface area contributed by atoms with E-state index in [9.17, 15) is 10.1 Å². The van der Waals surface area contributed by atoms with E-state index in [0.29, 0.717) is 12.8 Å². The van der Waals surface area contributed by atoms with Crippen molar-refractivity contribution in [1.29, 1.82) is 0 Å². The quantitative estimate of drug-likeness (QED) is 0.527. The molecule has 0 aliphatic heterocycles. The van der Waals surface area contributed by atoms with E-state index in [1.807, 2.05) is 24.3 Å².